The van der Waals surface area contributed by atoms with Crippen LogP contribution in [0.1, 0.15) is 45.4 Å². The summed E-state index contributed by atoms with van der Waals surface area (Å²) in [6, 6.07) is 0. The summed E-state index contributed by atoms with van der Waals surface area (Å²) < 4.78 is 0. The number of rotatable bonds is 6. The van der Waals surface area contributed by atoms with Gasteiger partial charge in [0.15, 0.2) is 0 Å². The van der Waals surface area contributed by atoms with Gasteiger partial charge in [-0.15, -0.1) is 0 Å². The Kier molecular flexibility index (Phi) is 3.31. The molecular formula is C10H19NO2. The Hall–Kier alpha value is -0.570. The van der Waals surface area contributed by atoms with Crippen molar-refractivity contribution in [2.75, 3.05) is 0 Å². The van der Waals surface area contributed by atoms with Crippen LogP contribution in [0.2, 0.25) is 0 Å². The summed E-state index contributed by atoms with van der Waals surface area (Å²) in [5.74, 6) is -0.588. The quantitative estimate of drug-likeness (QED) is 0.620. The summed E-state index contributed by atoms with van der Waals surface area (Å²) in [5, 5.41) is 8.76. The molecule has 1 aliphatic rings. The van der Waals surface area contributed by atoms with E-state index in [-0.39, 0.29) is 5.92 Å². The molecule has 1 saturated carbocycles. The van der Waals surface area contributed by atoms with Gasteiger partial charge in [-0.3, -0.25) is 4.79 Å². The fourth-order valence-electron chi connectivity index (χ4n) is 1.79. The van der Waals surface area contributed by atoms with E-state index in [2.05, 4.69) is 6.92 Å². The van der Waals surface area contributed by atoms with Gasteiger partial charge in [0.05, 0.1) is 0 Å². The summed E-state index contributed by atoms with van der Waals surface area (Å²) in [6.45, 7) is 2.17. The lowest BCUT2D eigenvalue weighted by Gasteiger charge is -2.04. The molecule has 3 N–H and O–H groups in total. The average molecular weight is 185 g/mol. The van der Waals surface area contributed by atoms with Crippen LogP contribution in [-0.4, -0.2) is 16.6 Å². The highest BCUT2D eigenvalue weighted by Crippen LogP contribution is 2.44. The molecule has 0 saturated heterocycles. The van der Waals surface area contributed by atoms with Crippen molar-refractivity contribution in [2.24, 2.45) is 11.7 Å². The van der Waals surface area contributed by atoms with Crippen molar-refractivity contribution in [1.29, 1.82) is 0 Å². The Bertz CT molecular complexity index is 193. The second-order valence-corrected chi connectivity index (χ2v) is 4.10. The van der Waals surface area contributed by atoms with E-state index in [4.69, 9.17) is 10.8 Å². The van der Waals surface area contributed by atoms with Gasteiger partial charge in [0, 0.05) is 0 Å². The summed E-state index contributed by atoms with van der Waals surface area (Å²) in [6.07, 6.45) is 6.47. The van der Waals surface area contributed by atoms with Gasteiger partial charge < -0.3 is 10.8 Å². The van der Waals surface area contributed by atoms with Crippen LogP contribution >= 0.6 is 0 Å². The molecule has 0 aromatic carbocycles. The Morgan fingerprint density at radius 1 is 1.54 bits per heavy atom. The molecule has 0 bridgehead atoms. The van der Waals surface area contributed by atoms with E-state index in [0.717, 1.165) is 12.8 Å². The number of carboxylic acids is 1. The third kappa shape index (κ3) is 2.44. The van der Waals surface area contributed by atoms with Gasteiger partial charge in [-0.2, -0.15) is 0 Å². The molecule has 76 valence electrons. The van der Waals surface area contributed by atoms with Gasteiger partial charge in [-0.1, -0.05) is 32.6 Å². The Balaban J connectivity index is 2.10. The van der Waals surface area contributed by atoms with E-state index in [1.165, 1.54) is 19.3 Å². The highest BCUT2D eigenvalue weighted by Gasteiger charge is 2.56. The Morgan fingerprint density at radius 3 is 2.69 bits per heavy atom. The van der Waals surface area contributed by atoms with Crippen LogP contribution in [0.25, 0.3) is 0 Å². The van der Waals surface area contributed by atoms with Crippen LogP contribution in [0.3, 0.4) is 0 Å². The standard InChI is InChI=1S/C10H19NO2/c1-2-3-4-5-6-8-7-10(8,11)9(12)13/h8H,2-7,11H2,1H3,(H,12,13)/t8-,10-/m0/s1. The minimum atomic E-state index is -0.869. The lowest BCUT2D eigenvalue weighted by molar-refractivity contribution is -0.140. The molecule has 0 aromatic heterocycles. The van der Waals surface area contributed by atoms with Crippen LogP contribution in [0, 0.1) is 5.92 Å². The van der Waals surface area contributed by atoms with Crippen LogP contribution in [-0.2, 0) is 4.79 Å². The number of unbranched alkanes of at least 4 members (excludes halogenated alkanes) is 3. The molecule has 0 spiro atoms. The van der Waals surface area contributed by atoms with E-state index in [9.17, 15) is 4.79 Å². The number of hydrogen-bond acceptors (Lipinski definition) is 2. The molecule has 3 nitrogen and oxygen atoms in total. The highest BCUT2D eigenvalue weighted by atomic mass is 16.4. The van der Waals surface area contributed by atoms with Crippen molar-refractivity contribution in [2.45, 2.75) is 51.0 Å². The molecule has 0 amide bonds. The first kappa shape index (κ1) is 10.5. The van der Waals surface area contributed by atoms with Crippen LogP contribution in [0.15, 0.2) is 0 Å². The molecule has 2 atom stereocenters. The summed E-state index contributed by atoms with van der Waals surface area (Å²) in [5.41, 5.74) is 4.78. The minimum absolute atomic E-state index is 0.238. The molecule has 1 rings (SSSR count). The predicted molar refractivity (Wildman–Crippen MR) is 51.4 cm³/mol. The third-order valence-corrected chi connectivity index (χ3v) is 2.96. The molecule has 0 aliphatic heterocycles. The summed E-state index contributed by atoms with van der Waals surface area (Å²) in [4.78, 5) is 10.7. The topological polar surface area (TPSA) is 63.3 Å². The van der Waals surface area contributed by atoms with Gasteiger partial charge in [0.2, 0.25) is 0 Å². The second kappa shape index (κ2) is 4.09. The number of nitrogens with two attached hydrogens (primary N) is 1. The molecular weight excluding hydrogens is 166 g/mol. The molecule has 13 heavy (non-hydrogen) atoms. The zero-order valence-corrected chi connectivity index (χ0v) is 8.25. The van der Waals surface area contributed by atoms with Crippen LogP contribution in [0.5, 0.6) is 0 Å². The van der Waals surface area contributed by atoms with Crippen LogP contribution in [0.4, 0.5) is 0 Å². The van der Waals surface area contributed by atoms with Crippen molar-refractivity contribution in [3.05, 3.63) is 0 Å². The zero-order chi connectivity index (χ0) is 9.90. The smallest absolute Gasteiger partial charge is 0.323 e. The Labute approximate surface area is 79.3 Å². The van der Waals surface area contributed by atoms with E-state index in [1.54, 1.807) is 0 Å². The van der Waals surface area contributed by atoms with Crippen LogP contribution < -0.4 is 5.73 Å². The first-order valence-electron chi connectivity index (χ1n) is 5.13. The normalized spacial score (nSPS) is 31.7. The number of carbonyl (C=O) groups is 1. The molecule has 0 unspecified atom stereocenters. The van der Waals surface area contributed by atoms with E-state index in [1.807, 2.05) is 0 Å². The maximum absolute atomic E-state index is 10.7. The number of aliphatic carboxylic acids is 1. The molecule has 0 aromatic rings. The maximum atomic E-state index is 10.7. The minimum Gasteiger partial charge on any atom is -0.480 e. The molecule has 0 heterocycles. The van der Waals surface area contributed by atoms with Crippen molar-refractivity contribution in [3.8, 4) is 0 Å². The van der Waals surface area contributed by atoms with Crippen molar-refractivity contribution in [1.82, 2.24) is 0 Å². The molecule has 0 radical (unpaired) electrons. The largest absolute Gasteiger partial charge is 0.480 e. The van der Waals surface area contributed by atoms with Crippen molar-refractivity contribution >= 4 is 5.97 Å². The number of carboxylic acid groups (broad SMARTS) is 1. The SMILES string of the molecule is CCCCCC[C@H]1C[C@@]1(N)C(=O)O. The van der Waals surface area contributed by atoms with Crippen molar-refractivity contribution in [3.63, 3.8) is 0 Å². The van der Waals surface area contributed by atoms with Gasteiger partial charge in [-0.25, -0.2) is 0 Å². The first-order valence-corrected chi connectivity index (χ1v) is 5.13. The fourth-order valence-corrected chi connectivity index (χ4v) is 1.79. The second-order valence-electron chi connectivity index (χ2n) is 4.10. The third-order valence-electron chi connectivity index (χ3n) is 2.96. The highest BCUT2D eigenvalue weighted by molar-refractivity contribution is 5.82. The number of hydrogen-bond donors (Lipinski definition) is 2. The fraction of sp³-hybridized carbons (Fsp3) is 0.900. The monoisotopic (exact) mass is 185 g/mol. The summed E-state index contributed by atoms with van der Waals surface area (Å²) in [7, 11) is 0. The first-order chi connectivity index (χ1) is 6.11. The van der Waals surface area contributed by atoms with E-state index >= 15 is 0 Å². The van der Waals surface area contributed by atoms with Gasteiger partial charge >= 0.3 is 5.97 Å². The maximum Gasteiger partial charge on any atom is 0.323 e. The van der Waals surface area contributed by atoms with E-state index in [0.29, 0.717) is 6.42 Å². The van der Waals surface area contributed by atoms with E-state index < -0.39 is 11.5 Å². The average Bonchev–Trinajstić information content (AvgIpc) is 2.73. The predicted octanol–water partition coefficient (Wildman–Crippen LogP) is 1.76. The Morgan fingerprint density at radius 2 is 2.23 bits per heavy atom. The molecule has 1 fully saturated rings. The van der Waals surface area contributed by atoms with Gasteiger partial charge in [0.1, 0.15) is 5.54 Å². The molecule has 1 aliphatic carbocycles. The molecule has 3 heteroatoms. The lowest BCUT2D eigenvalue weighted by Crippen LogP contribution is -2.35. The van der Waals surface area contributed by atoms with Gasteiger partial charge in [0.25, 0.3) is 0 Å². The lowest BCUT2D eigenvalue weighted by atomic mass is 10.1. The summed E-state index contributed by atoms with van der Waals surface area (Å²) >= 11 is 0. The zero-order valence-electron chi connectivity index (χ0n) is 8.25. The van der Waals surface area contributed by atoms with Crippen molar-refractivity contribution < 1.29 is 9.90 Å². The van der Waals surface area contributed by atoms with Gasteiger partial charge in [-0.05, 0) is 18.8 Å².